The average Bonchev–Trinajstić information content (AvgIpc) is 3.00. The Morgan fingerprint density at radius 3 is 3.00 bits per heavy atom. The number of rotatable bonds is 2. The van der Waals surface area contributed by atoms with Crippen LogP contribution in [0.25, 0.3) is 0 Å². The molecule has 0 spiro atoms. The summed E-state index contributed by atoms with van der Waals surface area (Å²) in [7, 11) is 0. The minimum atomic E-state index is 0.237. The first-order valence-electron chi connectivity index (χ1n) is 6.94. The molecule has 3 rings (SSSR count). The van der Waals surface area contributed by atoms with Crippen LogP contribution in [0.15, 0.2) is 0 Å². The van der Waals surface area contributed by atoms with E-state index in [1.807, 2.05) is 0 Å². The van der Waals surface area contributed by atoms with Crippen LogP contribution in [0.1, 0.15) is 32.6 Å². The lowest BCUT2D eigenvalue weighted by molar-refractivity contribution is -0.145. The summed E-state index contributed by atoms with van der Waals surface area (Å²) in [5.74, 6) is 0.612. The van der Waals surface area contributed by atoms with Gasteiger partial charge in [0.2, 0.25) is 5.91 Å². The van der Waals surface area contributed by atoms with Crippen LogP contribution >= 0.6 is 0 Å². The van der Waals surface area contributed by atoms with E-state index >= 15 is 0 Å². The van der Waals surface area contributed by atoms with Crippen LogP contribution in [0.3, 0.4) is 0 Å². The topological polar surface area (TPSA) is 41.6 Å². The van der Waals surface area contributed by atoms with Crippen molar-refractivity contribution in [3.63, 3.8) is 0 Å². The molecule has 0 saturated carbocycles. The van der Waals surface area contributed by atoms with E-state index in [0.717, 1.165) is 26.0 Å². The van der Waals surface area contributed by atoms with E-state index in [2.05, 4.69) is 17.1 Å². The molecule has 0 aromatic carbocycles. The zero-order chi connectivity index (χ0) is 11.8. The number of hydrogen-bond donors (Lipinski definition) is 1. The Bertz CT molecular complexity index is 308. The van der Waals surface area contributed by atoms with E-state index in [1.54, 1.807) is 0 Å². The summed E-state index contributed by atoms with van der Waals surface area (Å²) in [6.45, 7) is 4.34. The van der Waals surface area contributed by atoms with Crippen molar-refractivity contribution in [3.05, 3.63) is 0 Å². The van der Waals surface area contributed by atoms with Crippen LogP contribution in [-0.2, 0) is 9.53 Å². The second kappa shape index (κ2) is 4.58. The molecule has 3 heterocycles. The molecule has 17 heavy (non-hydrogen) atoms. The average molecular weight is 238 g/mol. The largest absolute Gasteiger partial charge is 0.377 e. The van der Waals surface area contributed by atoms with Gasteiger partial charge in [0.25, 0.3) is 0 Å². The van der Waals surface area contributed by atoms with Gasteiger partial charge in [0, 0.05) is 18.6 Å². The predicted octanol–water partition coefficient (Wildman–Crippen LogP) is 0.764. The highest BCUT2D eigenvalue weighted by molar-refractivity contribution is 5.80. The number of fused-ring (bicyclic) bond motifs is 2. The molecule has 3 aliphatic rings. The highest BCUT2D eigenvalue weighted by atomic mass is 16.5. The molecule has 4 atom stereocenters. The van der Waals surface area contributed by atoms with Crippen molar-refractivity contribution in [2.75, 3.05) is 19.8 Å². The molecule has 4 nitrogen and oxygen atoms in total. The van der Waals surface area contributed by atoms with Gasteiger partial charge in [0.1, 0.15) is 0 Å². The molecule has 2 bridgehead atoms. The van der Waals surface area contributed by atoms with Crippen LogP contribution in [0.5, 0.6) is 0 Å². The van der Waals surface area contributed by atoms with Gasteiger partial charge in [-0.1, -0.05) is 6.92 Å². The van der Waals surface area contributed by atoms with Gasteiger partial charge >= 0.3 is 0 Å². The Morgan fingerprint density at radius 2 is 2.35 bits per heavy atom. The molecule has 1 amide bonds. The van der Waals surface area contributed by atoms with Crippen molar-refractivity contribution in [2.45, 2.75) is 50.7 Å². The third kappa shape index (κ3) is 1.97. The number of carbonyl (C=O) groups is 1. The standard InChI is InChI=1S/C13H22N2O2/c1-2-10-8-17-6-5-15(10)13(16)11-7-9-3-4-12(11)14-9/h9-12,14H,2-8H2,1H3. The summed E-state index contributed by atoms with van der Waals surface area (Å²) in [4.78, 5) is 14.7. The maximum Gasteiger partial charge on any atom is 0.227 e. The second-order valence-electron chi connectivity index (χ2n) is 5.56. The van der Waals surface area contributed by atoms with E-state index in [9.17, 15) is 4.79 Å². The summed E-state index contributed by atoms with van der Waals surface area (Å²) < 4.78 is 5.47. The number of nitrogens with one attached hydrogen (secondary N) is 1. The van der Waals surface area contributed by atoms with Crippen molar-refractivity contribution in [1.29, 1.82) is 0 Å². The summed E-state index contributed by atoms with van der Waals surface area (Å²) >= 11 is 0. The normalized spacial score (nSPS) is 40.9. The molecule has 0 aliphatic carbocycles. The summed E-state index contributed by atoms with van der Waals surface area (Å²) in [5.41, 5.74) is 0. The molecule has 4 unspecified atom stereocenters. The van der Waals surface area contributed by atoms with E-state index in [4.69, 9.17) is 4.74 Å². The number of hydrogen-bond acceptors (Lipinski definition) is 3. The van der Waals surface area contributed by atoms with Crippen LogP contribution in [0.2, 0.25) is 0 Å². The minimum Gasteiger partial charge on any atom is -0.377 e. The fourth-order valence-corrected chi connectivity index (χ4v) is 3.59. The fourth-order valence-electron chi connectivity index (χ4n) is 3.59. The van der Waals surface area contributed by atoms with E-state index in [1.165, 1.54) is 12.8 Å². The van der Waals surface area contributed by atoms with Crippen molar-refractivity contribution >= 4 is 5.91 Å². The van der Waals surface area contributed by atoms with Crippen molar-refractivity contribution < 1.29 is 9.53 Å². The Labute approximate surface area is 103 Å². The zero-order valence-corrected chi connectivity index (χ0v) is 10.5. The van der Waals surface area contributed by atoms with Gasteiger partial charge in [0.05, 0.1) is 25.2 Å². The molecule has 0 radical (unpaired) electrons. The van der Waals surface area contributed by atoms with Crippen molar-refractivity contribution in [2.24, 2.45) is 5.92 Å². The molecular formula is C13H22N2O2. The lowest BCUT2D eigenvalue weighted by atomic mass is 9.87. The first-order chi connectivity index (χ1) is 8.29. The Balaban J connectivity index is 1.68. The number of morpholine rings is 1. The maximum absolute atomic E-state index is 12.6. The first kappa shape index (κ1) is 11.5. The van der Waals surface area contributed by atoms with Gasteiger partial charge in [-0.15, -0.1) is 0 Å². The molecule has 3 fully saturated rings. The highest BCUT2D eigenvalue weighted by Gasteiger charge is 2.45. The number of ether oxygens (including phenoxy) is 1. The van der Waals surface area contributed by atoms with E-state index in [0.29, 0.717) is 30.6 Å². The Morgan fingerprint density at radius 1 is 1.47 bits per heavy atom. The highest BCUT2D eigenvalue weighted by Crippen LogP contribution is 2.35. The lowest BCUT2D eigenvalue weighted by Crippen LogP contribution is -2.52. The van der Waals surface area contributed by atoms with Crippen LogP contribution in [0, 0.1) is 5.92 Å². The summed E-state index contributed by atoms with van der Waals surface area (Å²) in [5, 5.41) is 3.55. The zero-order valence-electron chi connectivity index (χ0n) is 10.5. The molecule has 3 saturated heterocycles. The quantitative estimate of drug-likeness (QED) is 0.772. The molecule has 1 N–H and O–H groups in total. The van der Waals surface area contributed by atoms with Crippen LogP contribution < -0.4 is 5.32 Å². The van der Waals surface area contributed by atoms with Gasteiger partial charge in [-0.3, -0.25) is 4.79 Å². The molecule has 0 aromatic heterocycles. The first-order valence-corrected chi connectivity index (χ1v) is 6.94. The molecule has 0 aromatic rings. The van der Waals surface area contributed by atoms with Crippen LogP contribution in [0.4, 0.5) is 0 Å². The monoisotopic (exact) mass is 238 g/mol. The van der Waals surface area contributed by atoms with Gasteiger partial charge in [-0.2, -0.15) is 0 Å². The van der Waals surface area contributed by atoms with Gasteiger partial charge in [-0.05, 0) is 25.7 Å². The number of carbonyl (C=O) groups excluding carboxylic acids is 1. The second-order valence-corrected chi connectivity index (χ2v) is 5.56. The van der Waals surface area contributed by atoms with Gasteiger partial charge in [-0.25, -0.2) is 0 Å². The third-order valence-corrected chi connectivity index (χ3v) is 4.60. The van der Waals surface area contributed by atoms with Crippen molar-refractivity contribution in [1.82, 2.24) is 10.2 Å². The summed E-state index contributed by atoms with van der Waals surface area (Å²) in [6.07, 6.45) is 4.49. The Hall–Kier alpha value is -0.610. The predicted molar refractivity (Wildman–Crippen MR) is 64.7 cm³/mol. The van der Waals surface area contributed by atoms with Gasteiger partial charge in [0.15, 0.2) is 0 Å². The van der Waals surface area contributed by atoms with E-state index < -0.39 is 0 Å². The van der Waals surface area contributed by atoms with Crippen LogP contribution in [-0.4, -0.2) is 48.7 Å². The number of nitrogens with zero attached hydrogens (tertiary/aromatic N) is 1. The molecule has 96 valence electrons. The SMILES string of the molecule is CCC1COCCN1C(=O)C1CC2CCC1N2. The van der Waals surface area contributed by atoms with Crippen molar-refractivity contribution in [3.8, 4) is 0 Å². The lowest BCUT2D eigenvalue weighted by Gasteiger charge is -2.37. The number of amides is 1. The fraction of sp³-hybridized carbons (Fsp3) is 0.923. The maximum atomic E-state index is 12.6. The smallest absolute Gasteiger partial charge is 0.227 e. The van der Waals surface area contributed by atoms with E-state index in [-0.39, 0.29) is 5.92 Å². The molecular weight excluding hydrogens is 216 g/mol. The molecule has 4 heteroatoms. The Kier molecular flexibility index (Phi) is 3.09. The van der Waals surface area contributed by atoms with Gasteiger partial charge < -0.3 is 15.0 Å². The minimum absolute atomic E-state index is 0.237. The molecule has 3 aliphatic heterocycles. The summed E-state index contributed by atoms with van der Waals surface area (Å²) in [6, 6.07) is 1.36. The third-order valence-electron chi connectivity index (χ3n) is 4.60.